The molecule has 1 aromatic carbocycles. The highest BCUT2D eigenvalue weighted by Crippen LogP contribution is 2.25. The standard InChI is InChI=1S/C10H11NO6S/c1-17-9-3-2-8(11(14)15)4-7(9)5-18(16)6-10(12)13/h2-4H,5-6H2,1H3,(H,12,13). The molecule has 1 N–H and O–H groups in total. The molecule has 0 radical (unpaired) electrons. The number of hydrogen-bond acceptors (Lipinski definition) is 5. The van der Waals surface area contributed by atoms with Gasteiger partial charge < -0.3 is 9.84 Å². The van der Waals surface area contributed by atoms with Crippen molar-refractivity contribution in [2.24, 2.45) is 0 Å². The Hall–Kier alpha value is -1.96. The molecule has 0 aliphatic carbocycles. The fraction of sp³-hybridized carbons (Fsp3) is 0.300. The molecule has 0 fully saturated rings. The molecule has 0 heterocycles. The minimum Gasteiger partial charge on any atom is -0.496 e. The molecule has 18 heavy (non-hydrogen) atoms. The minimum atomic E-state index is -1.64. The first-order valence-corrected chi connectivity index (χ1v) is 6.31. The highest BCUT2D eigenvalue weighted by atomic mass is 32.2. The van der Waals surface area contributed by atoms with Gasteiger partial charge in [0.15, 0.2) is 0 Å². The Morgan fingerprint density at radius 2 is 2.22 bits per heavy atom. The van der Waals surface area contributed by atoms with E-state index in [1.54, 1.807) is 0 Å². The summed E-state index contributed by atoms with van der Waals surface area (Å²) < 4.78 is 16.5. The van der Waals surface area contributed by atoms with Crippen molar-refractivity contribution in [3.63, 3.8) is 0 Å². The minimum absolute atomic E-state index is 0.100. The van der Waals surface area contributed by atoms with E-state index in [1.165, 1.54) is 25.3 Å². The molecule has 98 valence electrons. The van der Waals surface area contributed by atoms with E-state index in [2.05, 4.69) is 0 Å². The zero-order valence-electron chi connectivity index (χ0n) is 9.49. The maximum atomic E-state index is 11.5. The van der Waals surface area contributed by atoms with Crippen molar-refractivity contribution in [1.82, 2.24) is 0 Å². The Bertz CT molecular complexity index is 501. The lowest BCUT2D eigenvalue weighted by molar-refractivity contribution is -0.384. The average Bonchev–Trinajstić information content (AvgIpc) is 2.27. The van der Waals surface area contributed by atoms with E-state index in [0.717, 1.165) is 0 Å². The van der Waals surface area contributed by atoms with E-state index < -0.39 is 27.4 Å². The second-order valence-electron chi connectivity index (χ2n) is 3.38. The number of carboxylic acid groups (broad SMARTS) is 1. The summed E-state index contributed by atoms with van der Waals surface area (Å²) in [5.41, 5.74) is 0.199. The summed E-state index contributed by atoms with van der Waals surface area (Å²) in [6.07, 6.45) is 0. The first-order valence-electron chi connectivity index (χ1n) is 4.82. The smallest absolute Gasteiger partial charge is 0.316 e. The van der Waals surface area contributed by atoms with Crippen molar-refractivity contribution >= 4 is 22.5 Å². The molecule has 1 aromatic rings. The van der Waals surface area contributed by atoms with E-state index in [-0.39, 0.29) is 11.4 Å². The zero-order chi connectivity index (χ0) is 13.7. The Kier molecular flexibility index (Phi) is 4.78. The van der Waals surface area contributed by atoms with Gasteiger partial charge in [0, 0.05) is 28.5 Å². The average molecular weight is 273 g/mol. The normalized spacial score (nSPS) is 11.8. The summed E-state index contributed by atoms with van der Waals surface area (Å²) in [6, 6.07) is 3.90. The summed E-state index contributed by atoms with van der Waals surface area (Å²) in [7, 11) is -0.257. The molecule has 0 saturated heterocycles. The van der Waals surface area contributed by atoms with Gasteiger partial charge in [-0.05, 0) is 6.07 Å². The third-order valence-electron chi connectivity index (χ3n) is 2.08. The summed E-state index contributed by atoms with van der Waals surface area (Å²) in [5.74, 6) is -1.44. The van der Waals surface area contributed by atoms with Crippen LogP contribution in [0.15, 0.2) is 18.2 Å². The van der Waals surface area contributed by atoms with Gasteiger partial charge in [-0.1, -0.05) is 0 Å². The predicted octanol–water partition coefficient (Wildman–Crippen LogP) is 0.937. The van der Waals surface area contributed by atoms with Gasteiger partial charge in [0.2, 0.25) is 0 Å². The highest BCUT2D eigenvalue weighted by molar-refractivity contribution is 7.84. The molecule has 0 aliphatic heterocycles. The van der Waals surface area contributed by atoms with Crippen molar-refractivity contribution < 1.29 is 23.8 Å². The number of hydrogen-bond donors (Lipinski definition) is 1. The predicted molar refractivity (Wildman–Crippen MR) is 64.0 cm³/mol. The van der Waals surface area contributed by atoms with Crippen molar-refractivity contribution in [3.8, 4) is 5.75 Å². The molecule has 1 unspecified atom stereocenters. The first kappa shape index (κ1) is 14.1. The van der Waals surface area contributed by atoms with Crippen molar-refractivity contribution in [3.05, 3.63) is 33.9 Å². The van der Waals surface area contributed by atoms with E-state index in [4.69, 9.17) is 9.84 Å². The van der Waals surface area contributed by atoms with Crippen LogP contribution in [0.5, 0.6) is 5.75 Å². The second-order valence-corrected chi connectivity index (χ2v) is 4.83. The van der Waals surface area contributed by atoms with E-state index in [0.29, 0.717) is 11.3 Å². The fourth-order valence-corrected chi connectivity index (χ4v) is 2.30. The van der Waals surface area contributed by atoms with Gasteiger partial charge in [0.05, 0.1) is 17.8 Å². The summed E-state index contributed by atoms with van der Waals surface area (Å²) in [5, 5.41) is 19.1. The van der Waals surface area contributed by atoms with Crippen LogP contribution in [0.1, 0.15) is 5.56 Å². The largest absolute Gasteiger partial charge is 0.496 e. The molecule has 0 aliphatic rings. The van der Waals surface area contributed by atoms with Crippen LogP contribution < -0.4 is 4.74 Å². The number of carbonyl (C=O) groups is 1. The molecule has 8 heteroatoms. The van der Waals surface area contributed by atoms with Gasteiger partial charge >= 0.3 is 5.97 Å². The van der Waals surface area contributed by atoms with Crippen molar-refractivity contribution in [2.75, 3.05) is 12.9 Å². The van der Waals surface area contributed by atoms with Gasteiger partial charge in [0.1, 0.15) is 11.5 Å². The number of ether oxygens (including phenoxy) is 1. The molecule has 1 rings (SSSR count). The summed E-state index contributed by atoms with van der Waals surface area (Å²) in [6.45, 7) is 0. The topological polar surface area (TPSA) is 107 Å². The molecule has 1 atom stereocenters. The van der Waals surface area contributed by atoms with Gasteiger partial charge in [0.25, 0.3) is 5.69 Å². The Morgan fingerprint density at radius 1 is 1.56 bits per heavy atom. The number of nitro groups is 1. The molecule has 0 spiro atoms. The Balaban J connectivity index is 2.97. The SMILES string of the molecule is COc1ccc([N+](=O)[O-])cc1CS(=O)CC(=O)O. The van der Waals surface area contributed by atoms with Gasteiger partial charge in [-0.2, -0.15) is 0 Å². The Morgan fingerprint density at radius 3 is 2.72 bits per heavy atom. The number of rotatable bonds is 6. The number of carboxylic acids is 1. The maximum Gasteiger partial charge on any atom is 0.316 e. The first-order chi connectivity index (χ1) is 8.43. The molecular formula is C10H11NO6S. The van der Waals surface area contributed by atoms with E-state index in [9.17, 15) is 19.1 Å². The van der Waals surface area contributed by atoms with Gasteiger partial charge in [-0.15, -0.1) is 0 Å². The molecule has 0 aromatic heterocycles. The van der Waals surface area contributed by atoms with Crippen molar-refractivity contribution in [1.29, 1.82) is 0 Å². The summed E-state index contributed by atoms with van der Waals surface area (Å²) in [4.78, 5) is 20.4. The maximum absolute atomic E-state index is 11.5. The number of nitro benzene ring substituents is 1. The number of aliphatic carboxylic acids is 1. The lowest BCUT2D eigenvalue weighted by Crippen LogP contribution is -2.11. The van der Waals surface area contributed by atoms with Crippen LogP contribution in [-0.4, -0.2) is 33.1 Å². The van der Waals surface area contributed by atoms with Crippen molar-refractivity contribution in [2.45, 2.75) is 5.75 Å². The quantitative estimate of drug-likeness (QED) is 0.610. The lowest BCUT2D eigenvalue weighted by Gasteiger charge is -2.07. The second kappa shape index (κ2) is 6.10. The van der Waals surface area contributed by atoms with Crippen LogP contribution in [0.3, 0.4) is 0 Å². The van der Waals surface area contributed by atoms with Crippen LogP contribution in [0.4, 0.5) is 5.69 Å². The number of nitrogens with zero attached hydrogens (tertiary/aromatic N) is 1. The summed E-state index contributed by atoms with van der Waals surface area (Å²) >= 11 is 0. The Labute approximate surface area is 105 Å². The fourth-order valence-electron chi connectivity index (χ4n) is 1.35. The van der Waals surface area contributed by atoms with Gasteiger partial charge in [-0.25, -0.2) is 0 Å². The monoisotopic (exact) mass is 273 g/mol. The third-order valence-corrected chi connectivity index (χ3v) is 3.28. The van der Waals surface area contributed by atoms with Crippen LogP contribution in [0.2, 0.25) is 0 Å². The van der Waals surface area contributed by atoms with Gasteiger partial charge in [-0.3, -0.25) is 19.1 Å². The zero-order valence-corrected chi connectivity index (χ0v) is 10.3. The number of benzene rings is 1. The molecule has 0 amide bonds. The third kappa shape index (κ3) is 3.81. The van der Waals surface area contributed by atoms with Crippen LogP contribution >= 0.6 is 0 Å². The van der Waals surface area contributed by atoms with Crippen LogP contribution in [0, 0.1) is 10.1 Å². The van der Waals surface area contributed by atoms with Crippen LogP contribution in [-0.2, 0) is 21.3 Å². The van der Waals surface area contributed by atoms with Crippen LogP contribution in [0.25, 0.3) is 0 Å². The lowest BCUT2D eigenvalue weighted by atomic mass is 10.2. The molecule has 0 saturated carbocycles. The van der Waals surface area contributed by atoms with E-state index >= 15 is 0 Å². The highest BCUT2D eigenvalue weighted by Gasteiger charge is 2.15. The molecule has 7 nitrogen and oxygen atoms in total. The number of methoxy groups -OCH3 is 1. The molecular weight excluding hydrogens is 262 g/mol. The molecule has 0 bridgehead atoms. The number of non-ortho nitro benzene ring substituents is 1. The van der Waals surface area contributed by atoms with E-state index in [1.807, 2.05) is 0 Å².